The molecule has 0 unspecified atom stereocenters. The van der Waals surface area contributed by atoms with Crippen molar-refractivity contribution in [2.24, 2.45) is 0 Å². The number of nitro groups is 1. The van der Waals surface area contributed by atoms with Crippen LogP contribution in [0.25, 0.3) is 22.3 Å². The molecule has 0 saturated heterocycles. The maximum absolute atomic E-state index is 12.8. The van der Waals surface area contributed by atoms with E-state index >= 15 is 0 Å². The Hall–Kier alpha value is -3.42. The molecule has 2 aromatic carbocycles. The highest BCUT2D eigenvalue weighted by Gasteiger charge is 2.22. The van der Waals surface area contributed by atoms with Gasteiger partial charge in [0.25, 0.3) is 5.56 Å². The molecular formula is C17H15N3O5. The van der Waals surface area contributed by atoms with Crippen LogP contribution in [0, 0.1) is 10.1 Å². The van der Waals surface area contributed by atoms with Crippen molar-refractivity contribution in [3.05, 3.63) is 56.9 Å². The second kappa shape index (κ2) is 6.23. The van der Waals surface area contributed by atoms with Crippen LogP contribution in [0.4, 0.5) is 5.69 Å². The molecular weight excluding hydrogens is 326 g/mol. The molecule has 0 radical (unpaired) electrons. The van der Waals surface area contributed by atoms with Gasteiger partial charge in [-0.3, -0.25) is 14.9 Å². The number of phenolic OH excluding ortho intramolecular Hbond substituents is 2. The monoisotopic (exact) mass is 341 g/mol. The fourth-order valence-corrected chi connectivity index (χ4v) is 2.71. The first-order chi connectivity index (χ1) is 11.9. The predicted octanol–water partition coefficient (Wildman–Crippen LogP) is 2.79. The third-order valence-electron chi connectivity index (χ3n) is 3.84. The van der Waals surface area contributed by atoms with E-state index in [9.17, 15) is 25.1 Å². The van der Waals surface area contributed by atoms with Crippen LogP contribution in [-0.4, -0.2) is 24.7 Å². The van der Waals surface area contributed by atoms with Gasteiger partial charge in [0.1, 0.15) is 5.69 Å². The highest BCUT2D eigenvalue weighted by molar-refractivity contribution is 5.79. The van der Waals surface area contributed by atoms with Crippen LogP contribution in [0.2, 0.25) is 0 Å². The summed E-state index contributed by atoms with van der Waals surface area (Å²) in [6, 6.07) is 9.21. The Labute approximate surface area is 141 Å². The van der Waals surface area contributed by atoms with Crippen molar-refractivity contribution in [2.75, 3.05) is 0 Å². The minimum absolute atomic E-state index is 0.0226. The normalized spacial score (nSPS) is 10.9. The summed E-state index contributed by atoms with van der Waals surface area (Å²) in [7, 11) is 0. The topological polar surface area (TPSA) is 118 Å². The zero-order valence-corrected chi connectivity index (χ0v) is 13.3. The van der Waals surface area contributed by atoms with E-state index in [2.05, 4.69) is 4.98 Å². The van der Waals surface area contributed by atoms with Gasteiger partial charge in [0.05, 0.1) is 16.0 Å². The molecule has 0 fully saturated rings. The summed E-state index contributed by atoms with van der Waals surface area (Å²) in [6.07, 6.45) is 0.717. The summed E-state index contributed by atoms with van der Waals surface area (Å²) in [4.78, 5) is 27.4. The molecule has 0 amide bonds. The molecule has 2 N–H and O–H groups in total. The molecule has 0 aliphatic rings. The first-order valence-corrected chi connectivity index (χ1v) is 7.64. The molecule has 3 rings (SSSR count). The van der Waals surface area contributed by atoms with Crippen LogP contribution >= 0.6 is 0 Å². The first kappa shape index (κ1) is 16.4. The Bertz CT molecular complexity index is 1040. The molecule has 8 nitrogen and oxygen atoms in total. The number of nitrogens with zero attached hydrogens (tertiary/aromatic N) is 3. The van der Waals surface area contributed by atoms with E-state index in [4.69, 9.17) is 0 Å². The third-order valence-corrected chi connectivity index (χ3v) is 3.84. The van der Waals surface area contributed by atoms with Gasteiger partial charge in [-0.1, -0.05) is 19.1 Å². The Kier molecular flexibility index (Phi) is 4.10. The summed E-state index contributed by atoms with van der Waals surface area (Å²) in [5.41, 5.74) is 0.163. The van der Waals surface area contributed by atoms with Crippen LogP contribution in [-0.2, 0) is 6.54 Å². The lowest BCUT2D eigenvalue weighted by Gasteiger charge is -2.12. The number of aryl methyl sites for hydroxylation is 1. The highest BCUT2D eigenvalue weighted by atomic mass is 16.6. The van der Waals surface area contributed by atoms with E-state index in [1.807, 2.05) is 6.92 Å². The summed E-state index contributed by atoms with van der Waals surface area (Å²) < 4.78 is 1.55. The van der Waals surface area contributed by atoms with Gasteiger partial charge in [0, 0.05) is 18.2 Å². The summed E-state index contributed by atoms with van der Waals surface area (Å²) in [5, 5.41) is 30.5. The highest BCUT2D eigenvalue weighted by Crippen LogP contribution is 2.38. The molecule has 0 saturated carbocycles. The Morgan fingerprint density at radius 2 is 1.96 bits per heavy atom. The van der Waals surface area contributed by atoms with Gasteiger partial charge in [0.2, 0.25) is 5.75 Å². The van der Waals surface area contributed by atoms with Gasteiger partial charge in [-0.15, -0.1) is 0 Å². The van der Waals surface area contributed by atoms with Crippen LogP contribution in [0.15, 0.2) is 41.2 Å². The van der Waals surface area contributed by atoms with Crippen LogP contribution < -0.4 is 5.56 Å². The number of hydrogen-bond acceptors (Lipinski definition) is 6. The number of aromatic nitrogens is 2. The van der Waals surface area contributed by atoms with Crippen molar-refractivity contribution < 1.29 is 15.1 Å². The first-order valence-electron chi connectivity index (χ1n) is 7.64. The molecule has 1 heterocycles. The minimum Gasteiger partial charge on any atom is -0.504 e. The predicted molar refractivity (Wildman–Crippen MR) is 91.7 cm³/mol. The van der Waals surface area contributed by atoms with Gasteiger partial charge in [-0.25, -0.2) is 4.98 Å². The summed E-state index contributed by atoms with van der Waals surface area (Å²) in [5.74, 6) is -1.52. The van der Waals surface area contributed by atoms with Crippen LogP contribution in [0.3, 0.4) is 0 Å². The molecule has 25 heavy (non-hydrogen) atoms. The SMILES string of the molecule is CCCn1c(=O)c(-c2cc(O)c(O)c([N+](=O)[O-])c2)nc2ccccc21. The molecule has 1 aromatic heterocycles. The number of hydrogen-bond donors (Lipinski definition) is 2. The van der Waals surface area contributed by atoms with Crippen molar-refractivity contribution in [1.82, 2.24) is 9.55 Å². The molecule has 3 aromatic rings. The maximum atomic E-state index is 12.8. The number of aromatic hydroxyl groups is 2. The Balaban J connectivity index is 2.35. The van der Waals surface area contributed by atoms with Gasteiger partial charge >= 0.3 is 5.69 Å². The Morgan fingerprint density at radius 3 is 2.64 bits per heavy atom. The van der Waals surface area contributed by atoms with E-state index in [1.165, 1.54) is 0 Å². The second-order valence-electron chi connectivity index (χ2n) is 5.53. The molecule has 0 aliphatic heterocycles. The third kappa shape index (κ3) is 2.78. The van der Waals surface area contributed by atoms with Crippen molar-refractivity contribution >= 4 is 16.7 Å². The number of benzene rings is 2. The zero-order chi connectivity index (χ0) is 18.1. The second-order valence-corrected chi connectivity index (χ2v) is 5.53. The Morgan fingerprint density at radius 1 is 1.24 bits per heavy atom. The van der Waals surface area contributed by atoms with E-state index in [1.54, 1.807) is 28.8 Å². The van der Waals surface area contributed by atoms with E-state index in [0.29, 0.717) is 24.0 Å². The quantitative estimate of drug-likeness (QED) is 0.428. The lowest BCUT2D eigenvalue weighted by Crippen LogP contribution is -2.23. The fraction of sp³-hybridized carbons (Fsp3) is 0.176. The average molecular weight is 341 g/mol. The molecule has 0 bridgehead atoms. The molecule has 0 spiro atoms. The standard InChI is InChI=1S/C17H15N3O5/c1-2-7-19-12-6-4-3-5-11(12)18-15(17(19)23)10-8-13(20(24)25)16(22)14(21)9-10/h3-6,8-9,21-22H,2,7H2,1H3. The molecule has 128 valence electrons. The number of nitro benzene ring substituents is 1. The van der Waals surface area contributed by atoms with Gasteiger partial charge in [0.15, 0.2) is 5.75 Å². The van der Waals surface area contributed by atoms with E-state index in [-0.39, 0.29) is 11.3 Å². The van der Waals surface area contributed by atoms with Crippen molar-refractivity contribution in [1.29, 1.82) is 0 Å². The van der Waals surface area contributed by atoms with Crippen molar-refractivity contribution in [2.45, 2.75) is 19.9 Å². The lowest BCUT2D eigenvalue weighted by molar-refractivity contribution is -0.385. The zero-order valence-electron chi connectivity index (χ0n) is 13.3. The summed E-state index contributed by atoms with van der Waals surface area (Å²) >= 11 is 0. The van der Waals surface area contributed by atoms with Gasteiger partial charge in [-0.2, -0.15) is 0 Å². The maximum Gasteiger partial charge on any atom is 0.315 e. The number of para-hydroxylation sites is 2. The summed E-state index contributed by atoms with van der Waals surface area (Å²) in [6.45, 7) is 2.39. The molecule has 8 heteroatoms. The van der Waals surface area contributed by atoms with Crippen molar-refractivity contribution in [3.63, 3.8) is 0 Å². The lowest BCUT2D eigenvalue weighted by atomic mass is 10.1. The molecule has 0 atom stereocenters. The number of fused-ring (bicyclic) bond motifs is 1. The largest absolute Gasteiger partial charge is 0.504 e. The minimum atomic E-state index is -0.844. The average Bonchev–Trinajstić information content (AvgIpc) is 2.59. The number of rotatable bonds is 4. The smallest absolute Gasteiger partial charge is 0.315 e. The van der Waals surface area contributed by atoms with Crippen molar-refractivity contribution in [3.8, 4) is 22.8 Å². The van der Waals surface area contributed by atoms with Crippen LogP contribution in [0.1, 0.15) is 13.3 Å². The van der Waals surface area contributed by atoms with E-state index in [0.717, 1.165) is 12.1 Å². The molecule has 0 aliphatic carbocycles. The van der Waals surface area contributed by atoms with E-state index < -0.39 is 27.7 Å². The van der Waals surface area contributed by atoms with Crippen LogP contribution in [0.5, 0.6) is 11.5 Å². The number of phenols is 2. The fourth-order valence-electron chi connectivity index (χ4n) is 2.71. The van der Waals surface area contributed by atoms with Gasteiger partial charge in [-0.05, 0) is 24.6 Å². The van der Waals surface area contributed by atoms with Gasteiger partial charge < -0.3 is 14.8 Å².